The Morgan fingerprint density at radius 2 is 1.71 bits per heavy atom. The van der Waals surface area contributed by atoms with Crippen molar-refractivity contribution in [2.75, 3.05) is 40.0 Å². The van der Waals surface area contributed by atoms with Crippen molar-refractivity contribution in [2.24, 2.45) is 17.3 Å². The van der Waals surface area contributed by atoms with Crippen LogP contribution in [0.4, 0.5) is 0 Å². The Morgan fingerprint density at radius 1 is 1.03 bits per heavy atom. The van der Waals surface area contributed by atoms with Crippen LogP contribution in [0.2, 0.25) is 0 Å². The smallest absolute Gasteiger partial charge is 0.226 e. The van der Waals surface area contributed by atoms with Crippen LogP contribution in [-0.2, 0) is 14.9 Å². The van der Waals surface area contributed by atoms with Gasteiger partial charge in [-0.15, -0.1) is 0 Å². The number of morpholine rings is 1. The molecule has 2 aromatic rings. The predicted octanol–water partition coefficient (Wildman–Crippen LogP) is 4.72. The monoisotopic (exact) mass is 474 g/mol. The van der Waals surface area contributed by atoms with E-state index in [9.17, 15) is 4.79 Å². The minimum Gasteiger partial charge on any atom is -0.497 e. The van der Waals surface area contributed by atoms with Crippen LogP contribution in [0.3, 0.4) is 0 Å². The quantitative estimate of drug-likeness (QED) is 0.631. The Balaban J connectivity index is 1.22. The molecule has 2 aromatic carbocycles. The molecule has 5 fully saturated rings. The highest BCUT2D eigenvalue weighted by atomic mass is 16.5. The number of methoxy groups -OCH3 is 1. The van der Waals surface area contributed by atoms with Crippen LogP contribution in [0.15, 0.2) is 54.6 Å². The fraction of sp³-hybridized carbons (Fsp3) is 0.567. The molecule has 4 saturated carbocycles. The van der Waals surface area contributed by atoms with Crippen molar-refractivity contribution in [3.8, 4) is 5.75 Å². The third-order valence-electron chi connectivity index (χ3n) is 9.37. The third-order valence-corrected chi connectivity index (χ3v) is 9.37. The zero-order valence-electron chi connectivity index (χ0n) is 20.9. The van der Waals surface area contributed by atoms with Crippen molar-refractivity contribution >= 4 is 5.91 Å². The number of hydrogen-bond donors (Lipinski definition) is 1. The summed E-state index contributed by atoms with van der Waals surface area (Å²) in [4.78, 5) is 16.5. The molecule has 1 saturated heterocycles. The van der Waals surface area contributed by atoms with Gasteiger partial charge in [-0.3, -0.25) is 9.69 Å². The molecule has 1 amide bonds. The van der Waals surface area contributed by atoms with Crippen molar-refractivity contribution in [2.45, 2.75) is 50.0 Å². The van der Waals surface area contributed by atoms with Crippen LogP contribution in [-0.4, -0.2) is 50.8 Å². The average molecular weight is 475 g/mol. The van der Waals surface area contributed by atoms with Crippen LogP contribution in [0.25, 0.3) is 0 Å². The lowest BCUT2D eigenvalue weighted by Crippen LogP contribution is -2.59. The Morgan fingerprint density at radius 3 is 2.37 bits per heavy atom. The second kappa shape index (κ2) is 9.25. The highest BCUT2D eigenvalue weighted by Gasteiger charge is 2.60. The van der Waals surface area contributed by atoms with Gasteiger partial charge in [0.1, 0.15) is 5.75 Å². The summed E-state index contributed by atoms with van der Waals surface area (Å²) < 4.78 is 11.0. The van der Waals surface area contributed by atoms with Gasteiger partial charge in [-0.25, -0.2) is 0 Å². The highest BCUT2D eigenvalue weighted by Crippen LogP contribution is 2.65. The van der Waals surface area contributed by atoms with E-state index in [1.807, 2.05) is 12.1 Å². The Hall–Kier alpha value is -2.37. The number of rotatable bonds is 7. The molecule has 5 nitrogen and oxygen atoms in total. The minimum atomic E-state index is -0.213. The summed E-state index contributed by atoms with van der Waals surface area (Å²) >= 11 is 0. The number of carbonyl (C=O) groups is 1. The summed E-state index contributed by atoms with van der Waals surface area (Å²) in [5.74, 6) is 2.51. The standard InChI is InChI=1S/C30H38N2O3/c1-34-26-9-7-24(8-10-26)27(32-11-13-35-14-12-32)20-31-28(33)30-18-22-15-23(19-30)17-29(16-22,21-30)25-5-3-2-4-6-25/h2-10,22-23,27H,11-21H2,1H3,(H,31,33)/t22-,23+,27-,29?,30?/m1/s1. The molecule has 5 heteroatoms. The van der Waals surface area contributed by atoms with Crippen molar-refractivity contribution in [1.29, 1.82) is 0 Å². The first kappa shape index (κ1) is 23.1. The maximum atomic E-state index is 14.0. The van der Waals surface area contributed by atoms with Crippen LogP contribution in [0, 0.1) is 17.3 Å². The van der Waals surface area contributed by atoms with E-state index in [1.54, 1.807) is 7.11 Å². The predicted molar refractivity (Wildman–Crippen MR) is 136 cm³/mol. The molecule has 0 aromatic heterocycles. The summed E-state index contributed by atoms with van der Waals surface area (Å²) in [6, 6.07) is 19.5. The highest BCUT2D eigenvalue weighted by molar-refractivity contribution is 5.83. The largest absolute Gasteiger partial charge is 0.497 e. The molecule has 4 aliphatic carbocycles. The lowest BCUT2D eigenvalue weighted by Gasteiger charge is -2.61. The van der Waals surface area contributed by atoms with Gasteiger partial charge in [-0.2, -0.15) is 0 Å². The molecule has 4 bridgehead atoms. The molecule has 0 spiro atoms. The molecule has 186 valence electrons. The number of ether oxygens (including phenoxy) is 2. The first-order valence-electron chi connectivity index (χ1n) is 13.4. The molecular formula is C30H38N2O3. The van der Waals surface area contributed by atoms with Gasteiger partial charge in [-0.05, 0) is 79.0 Å². The van der Waals surface area contributed by atoms with E-state index in [1.165, 1.54) is 30.4 Å². The summed E-state index contributed by atoms with van der Waals surface area (Å²) in [6.45, 7) is 3.90. The minimum absolute atomic E-state index is 0.144. The van der Waals surface area contributed by atoms with E-state index in [0.717, 1.165) is 51.3 Å². The van der Waals surface area contributed by atoms with Gasteiger partial charge in [-0.1, -0.05) is 42.5 Å². The zero-order valence-corrected chi connectivity index (χ0v) is 20.9. The Bertz CT molecular complexity index is 1020. The van der Waals surface area contributed by atoms with Crippen LogP contribution < -0.4 is 10.1 Å². The Kier molecular flexibility index (Phi) is 6.10. The molecule has 35 heavy (non-hydrogen) atoms. The van der Waals surface area contributed by atoms with Gasteiger partial charge in [0.05, 0.1) is 31.8 Å². The van der Waals surface area contributed by atoms with E-state index in [0.29, 0.717) is 24.3 Å². The zero-order chi connectivity index (χ0) is 23.9. The number of benzene rings is 2. The lowest BCUT2D eigenvalue weighted by atomic mass is 9.42. The molecular weight excluding hydrogens is 436 g/mol. The summed E-state index contributed by atoms with van der Waals surface area (Å²) in [5.41, 5.74) is 2.65. The molecule has 5 atom stereocenters. The Labute approximate surface area is 209 Å². The molecule has 7 rings (SSSR count). The van der Waals surface area contributed by atoms with Gasteiger partial charge < -0.3 is 14.8 Å². The van der Waals surface area contributed by atoms with Crippen molar-refractivity contribution in [3.05, 3.63) is 65.7 Å². The number of nitrogens with one attached hydrogen (secondary N) is 1. The summed E-state index contributed by atoms with van der Waals surface area (Å²) in [6.07, 6.45) is 6.96. The van der Waals surface area contributed by atoms with Gasteiger partial charge in [0, 0.05) is 19.6 Å². The summed E-state index contributed by atoms with van der Waals surface area (Å²) in [5, 5.41) is 3.48. The molecule has 1 aliphatic heterocycles. The maximum Gasteiger partial charge on any atom is 0.226 e. The number of nitrogens with zero attached hydrogens (tertiary/aromatic N) is 1. The molecule has 1 N–H and O–H groups in total. The fourth-order valence-corrected chi connectivity index (χ4v) is 8.21. The first-order valence-corrected chi connectivity index (χ1v) is 13.4. The second-order valence-electron chi connectivity index (χ2n) is 11.5. The fourth-order valence-electron chi connectivity index (χ4n) is 8.21. The second-order valence-corrected chi connectivity index (χ2v) is 11.5. The number of hydrogen-bond acceptors (Lipinski definition) is 4. The average Bonchev–Trinajstić information content (AvgIpc) is 2.89. The SMILES string of the molecule is COc1ccc([C@@H](CNC(=O)C23C[C@H]4C[C@@H](C2)CC(c2ccccc2)(C4)C3)N2CCOCC2)cc1. The van der Waals surface area contributed by atoms with Crippen LogP contribution in [0.5, 0.6) is 5.75 Å². The van der Waals surface area contributed by atoms with E-state index >= 15 is 0 Å². The topological polar surface area (TPSA) is 50.8 Å². The number of amides is 1. The van der Waals surface area contributed by atoms with Crippen LogP contribution in [0.1, 0.15) is 55.7 Å². The lowest BCUT2D eigenvalue weighted by molar-refractivity contribution is -0.149. The molecule has 1 heterocycles. The molecule has 0 radical (unpaired) electrons. The van der Waals surface area contributed by atoms with E-state index in [-0.39, 0.29) is 16.9 Å². The molecule has 2 unspecified atom stereocenters. The van der Waals surface area contributed by atoms with Gasteiger partial charge in [0.2, 0.25) is 5.91 Å². The van der Waals surface area contributed by atoms with E-state index in [4.69, 9.17) is 9.47 Å². The van der Waals surface area contributed by atoms with Gasteiger partial charge in [0.15, 0.2) is 0 Å². The van der Waals surface area contributed by atoms with Crippen LogP contribution >= 0.6 is 0 Å². The van der Waals surface area contributed by atoms with Gasteiger partial charge in [0.25, 0.3) is 0 Å². The van der Waals surface area contributed by atoms with E-state index in [2.05, 4.69) is 52.7 Å². The first-order chi connectivity index (χ1) is 17.1. The van der Waals surface area contributed by atoms with Crippen molar-refractivity contribution in [1.82, 2.24) is 10.2 Å². The number of carbonyl (C=O) groups excluding carboxylic acids is 1. The molecule has 5 aliphatic rings. The van der Waals surface area contributed by atoms with Crippen molar-refractivity contribution < 1.29 is 14.3 Å². The normalized spacial score (nSPS) is 32.8. The third kappa shape index (κ3) is 4.27. The van der Waals surface area contributed by atoms with E-state index < -0.39 is 0 Å². The maximum absolute atomic E-state index is 14.0. The van der Waals surface area contributed by atoms with Crippen molar-refractivity contribution in [3.63, 3.8) is 0 Å². The van der Waals surface area contributed by atoms with Gasteiger partial charge >= 0.3 is 0 Å². The summed E-state index contributed by atoms with van der Waals surface area (Å²) in [7, 11) is 1.70.